The molecule has 28 heavy (non-hydrogen) atoms. The molecule has 0 saturated carbocycles. The number of likely N-dealkylation sites (N-methyl/N-ethyl adjacent to an activating group) is 1. The average Bonchev–Trinajstić information content (AvgIpc) is 2.70. The summed E-state index contributed by atoms with van der Waals surface area (Å²) in [5, 5.41) is 12.8. The summed E-state index contributed by atoms with van der Waals surface area (Å²) in [5.74, 6) is 0.287. The van der Waals surface area contributed by atoms with Crippen molar-refractivity contribution >= 4 is 5.91 Å². The fourth-order valence-electron chi connectivity index (χ4n) is 3.59. The second-order valence-corrected chi connectivity index (χ2v) is 7.57. The quantitative estimate of drug-likeness (QED) is 0.830. The zero-order valence-electron chi connectivity index (χ0n) is 17.0. The third kappa shape index (κ3) is 4.03. The summed E-state index contributed by atoms with van der Waals surface area (Å²) < 4.78 is 6.16. The molecule has 6 heteroatoms. The molecule has 0 saturated heterocycles. The van der Waals surface area contributed by atoms with Gasteiger partial charge in [0.25, 0.3) is 5.91 Å². The molecule has 6 nitrogen and oxygen atoms in total. The molecule has 0 unspecified atom stereocenters. The second kappa shape index (κ2) is 8.71. The highest BCUT2D eigenvalue weighted by molar-refractivity contribution is 5.98. The van der Waals surface area contributed by atoms with Crippen molar-refractivity contribution in [3.63, 3.8) is 0 Å². The molecule has 1 aromatic heterocycles. The molecule has 1 aliphatic rings. The van der Waals surface area contributed by atoms with Crippen LogP contribution in [-0.2, 0) is 0 Å². The van der Waals surface area contributed by atoms with Gasteiger partial charge in [-0.2, -0.15) is 0 Å². The lowest BCUT2D eigenvalue weighted by molar-refractivity contribution is 0.0404. The van der Waals surface area contributed by atoms with Gasteiger partial charge >= 0.3 is 0 Å². The van der Waals surface area contributed by atoms with E-state index in [1.807, 2.05) is 51.2 Å². The summed E-state index contributed by atoms with van der Waals surface area (Å²) in [5.41, 5.74) is 3.47. The van der Waals surface area contributed by atoms with Crippen molar-refractivity contribution in [1.82, 2.24) is 15.2 Å². The predicted molar refractivity (Wildman–Crippen MR) is 110 cm³/mol. The molecule has 2 aromatic rings. The van der Waals surface area contributed by atoms with E-state index in [0.717, 1.165) is 16.7 Å². The van der Waals surface area contributed by atoms with E-state index in [1.54, 1.807) is 11.1 Å². The number of pyridine rings is 1. The zero-order chi connectivity index (χ0) is 20.3. The van der Waals surface area contributed by atoms with Crippen molar-refractivity contribution in [1.29, 1.82) is 0 Å². The van der Waals surface area contributed by atoms with E-state index in [-0.39, 0.29) is 30.6 Å². The number of aryl methyl sites for hydroxylation is 1. The third-order valence-electron chi connectivity index (χ3n) is 5.38. The van der Waals surface area contributed by atoms with Gasteiger partial charge in [0, 0.05) is 30.8 Å². The Kier molecular flexibility index (Phi) is 6.31. The zero-order valence-corrected chi connectivity index (χ0v) is 17.0. The standard InChI is InChI=1S/C22H29N3O3/c1-14-7-5-6-8-18(14)17-9-19-21(24-10-17)28-20(11-23-4)15(2)12-25(22(19)27)16(3)13-26/h5-10,15-16,20,23,26H,11-13H2,1-4H3/t15-,16-,20+/m1/s1. The largest absolute Gasteiger partial charge is 0.472 e. The number of rotatable bonds is 5. The SMILES string of the molecule is CNC[C@@H]1Oc2ncc(-c3ccccc3C)cc2C(=O)N([C@H](C)CO)C[C@H]1C. The first kappa shape index (κ1) is 20.3. The van der Waals surface area contributed by atoms with Crippen molar-refractivity contribution in [2.24, 2.45) is 5.92 Å². The van der Waals surface area contributed by atoms with Crippen LogP contribution in [0, 0.1) is 12.8 Å². The van der Waals surface area contributed by atoms with Gasteiger partial charge in [-0.05, 0) is 38.1 Å². The molecule has 2 N–H and O–H groups in total. The Bertz CT molecular complexity index is 840. The van der Waals surface area contributed by atoms with Gasteiger partial charge < -0.3 is 20.1 Å². The fourth-order valence-corrected chi connectivity index (χ4v) is 3.59. The minimum absolute atomic E-state index is 0.0870. The average molecular weight is 383 g/mol. The van der Waals surface area contributed by atoms with Crippen LogP contribution in [0.25, 0.3) is 11.1 Å². The van der Waals surface area contributed by atoms with Crippen LogP contribution in [0.15, 0.2) is 36.5 Å². The number of ether oxygens (including phenoxy) is 1. The Morgan fingerprint density at radius 1 is 1.36 bits per heavy atom. The first-order valence-corrected chi connectivity index (χ1v) is 9.75. The number of amides is 1. The summed E-state index contributed by atoms with van der Waals surface area (Å²) in [6.07, 6.45) is 1.64. The normalized spacial score (nSPS) is 20.8. The number of hydrogen-bond donors (Lipinski definition) is 2. The summed E-state index contributed by atoms with van der Waals surface area (Å²) in [7, 11) is 1.88. The Morgan fingerprint density at radius 3 is 2.79 bits per heavy atom. The van der Waals surface area contributed by atoms with Gasteiger partial charge in [-0.1, -0.05) is 31.2 Å². The lowest BCUT2D eigenvalue weighted by atomic mass is 9.98. The number of nitrogens with zero attached hydrogens (tertiary/aromatic N) is 2. The molecule has 0 spiro atoms. The molecule has 0 radical (unpaired) electrons. The Morgan fingerprint density at radius 2 is 2.11 bits per heavy atom. The van der Waals surface area contributed by atoms with Crippen LogP contribution in [0.5, 0.6) is 5.88 Å². The number of carbonyl (C=O) groups excluding carboxylic acids is 1. The minimum atomic E-state index is -0.279. The smallest absolute Gasteiger partial charge is 0.259 e. The van der Waals surface area contributed by atoms with Gasteiger partial charge in [-0.25, -0.2) is 4.98 Å². The van der Waals surface area contributed by atoms with E-state index in [0.29, 0.717) is 24.5 Å². The molecule has 0 bridgehead atoms. The van der Waals surface area contributed by atoms with Gasteiger partial charge in [0.05, 0.1) is 12.6 Å². The van der Waals surface area contributed by atoms with E-state index >= 15 is 0 Å². The highest BCUT2D eigenvalue weighted by Gasteiger charge is 2.33. The Balaban J connectivity index is 2.09. The van der Waals surface area contributed by atoms with Crippen LogP contribution < -0.4 is 10.1 Å². The highest BCUT2D eigenvalue weighted by Crippen LogP contribution is 2.31. The van der Waals surface area contributed by atoms with Crippen LogP contribution in [-0.4, -0.2) is 59.8 Å². The lowest BCUT2D eigenvalue weighted by Gasteiger charge is -2.36. The van der Waals surface area contributed by atoms with Gasteiger partial charge in [0.15, 0.2) is 0 Å². The maximum Gasteiger partial charge on any atom is 0.259 e. The molecule has 1 aromatic carbocycles. The molecule has 0 aliphatic carbocycles. The monoisotopic (exact) mass is 383 g/mol. The molecule has 3 atom stereocenters. The highest BCUT2D eigenvalue weighted by atomic mass is 16.5. The lowest BCUT2D eigenvalue weighted by Crippen LogP contribution is -2.49. The van der Waals surface area contributed by atoms with Crippen LogP contribution in [0.1, 0.15) is 29.8 Å². The Hall–Kier alpha value is -2.44. The molecular formula is C22H29N3O3. The first-order valence-electron chi connectivity index (χ1n) is 9.75. The van der Waals surface area contributed by atoms with E-state index < -0.39 is 0 Å². The number of fused-ring (bicyclic) bond motifs is 1. The molecule has 150 valence electrons. The van der Waals surface area contributed by atoms with Crippen molar-refractivity contribution in [3.05, 3.63) is 47.7 Å². The number of aliphatic hydroxyl groups excluding tert-OH is 1. The van der Waals surface area contributed by atoms with E-state index in [2.05, 4.69) is 17.2 Å². The number of benzene rings is 1. The first-order chi connectivity index (χ1) is 13.5. The van der Waals surface area contributed by atoms with Gasteiger partial charge in [-0.15, -0.1) is 0 Å². The van der Waals surface area contributed by atoms with Crippen LogP contribution in [0.3, 0.4) is 0 Å². The van der Waals surface area contributed by atoms with Crippen LogP contribution in [0.2, 0.25) is 0 Å². The van der Waals surface area contributed by atoms with Crippen molar-refractivity contribution < 1.29 is 14.6 Å². The van der Waals surface area contributed by atoms with Crippen molar-refractivity contribution in [2.45, 2.75) is 32.9 Å². The van der Waals surface area contributed by atoms with Crippen LogP contribution >= 0.6 is 0 Å². The summed E-state index contributed by atoms with van der Waals surface area (Å²) in [6, 6.07) is 9.60. The minimum Gasteiger partial charge on any atom is -0.472 e. The van der Waals surface area contributed by atoms with E-state index in [9.17, 15) is 9.90 Å². The number of aliphatic hydroxyl groups is 1. The summed E-state index contributed by atoms with van der Waals surface area (Å²) >= 11 is 0. The predicted octanol–water partition coefficient (Wildman–Crippen LogP) is 2.50. The maximum atomic E-state index is 13.3. The molecule has 2 heterocycles. The maximum absolute atomic E-state index is 13.3. The summed E-state index contributed by atoms with van der Waals surface area (Å²) in [6.45, 7) is 7.03. The number of hydrogen-bond acceptors (Lipinski definition) is 5. The summed E-state index contributed by atoms with van der Waals surface area (Å²) in [4.78, 5) is 19.6. The molecule has 3 rings (SSSR count). The van der Waals surface area contributed by atoms with Crippen molar-refractivity contribution in [3.8, 4) is 17.0 Å². The van der Waals surface area contributed by atoms with E-state index in [4.69, 9.17) is 4.74 Å². The fraction of sp³-hybridized carbons (Fsp3) is 0.455. The molecule has 1 amide bonds. The van der Waals surface area contributed by atoms with E-state index in [1.165, 1.54) is 0 Å². The molecule has 1 aliphatic heterocycles. The van der Waals surface area contributed by atoms with Gasteiger partial charge in [0.1, 0.15) is 11.7 Å². The Labute approximate surface area is 166 Å². The molecular weight excluding hydrogens is 354 g/mol. The van der Waals surface area contributed by atoms with Crippen LogP contribution in [0.4, 0.5) is 0 Å². The number of aromatic nitrogens is 1. The molecule has 0 fully saturated rings. The second-order valence-electron chi connectivity index (χ2n) is 7.57. The number of carbonyl (C=O) groups is 1. The third-order valence-corrected chi connectivity index (χ3v) is 5.38. The number of nitrogens with one attached hydrogen (secondary N) is 1. The van der Waals surface area contributed by atoms with Gasteiger partial charge in [-0.3, -0.25) is 4.79 Å². The topological polar surface area (TPSA) is 74.7 Å². The van der Waals surface area contributed by atoms with Gasteiger partial charge in [0.2, 0.25) is 5.88 Å². The van der Waals surface area contributed by atoms with Crippen molar-refractivity contribution in [2.75, 3.05) is 26.7 Å².